The monoisotopic (exact) mass is 456 g/mol. The van der Waals surface area contributed by atoms with Crippen LogP contribution in [0.3, 0.4) is 0 Å². The molecular weight excluding hydrogens is 428 g/mol. The minimum Gasteiger partial charge on any atom is -0.451 e. The number of rotatable bonds is 4. The van der Waals surface area contributed by atoms with Gasteiger partial charge in [-0.15, -0.1) is 0 Å². The van der Waals surface area contributed by atoms with Crippen molar-refractivity contribution in [1.29, 1.82) is 0 Å². The highest BCUT2D eigenvalue weighted by Crippen LogP contribution is 2.29. The Morgan fingerprint density at radius 2 is 1.59 bits per heavy atom. The zero-order valence-corrected chi connectivity index (χ0v) is 19.7. The first kappa shape index (κ1) is 22.5. The van der Waals surface area contributed by atoms with Crippen LogP contribution in [0.25, 0.3) is 11.0 Å². The van der Waals surface area contributed by atoms with Gasteiger partial charge in [-0.25, -0.2) is 8.42 Å². The normalized spacial score (nSPS) is 19.9. The number of nitrogens with one attached hydrogen (secondary N) is 1. The number of morpholine rings is 1. The van der Waals surface area contributed by atoms with Gasteiger partial charge in [0.1, 0.15) is 5.58 Å². The van der Waals surface area contributed by atoms with Gasteiger partial charge in [0.25, 0.3) is 5.91 Å². The maximum Gasteiger partial charge on any atom is 0.291 e. The molecule has 2 atom stereocenters. The summed E-state index contributed by atoms with van der Waals surface area (Å²) in [6.07, 6.45) is -0.321. The summed E-state index contributed by atoms with van der Waals surface area (Å²) in [6.45, 7) is 10.2. The van der Waals surface area contributed by atoms with Gasteiger partial charge in [-0.3, -0.25) is 4.79 Å². The van der Waals surface area contributed by atoms with E-state index in [1.165, 1.54) is 16.4 Å². The Bertz CT molecular complexity index is 1270. The van der Waals surface area contributed by atoms with Crippen LogP contribution in [-0.2, 0) is 14.8 Å². The molecule has 0 radical (unpaired) electrons. The van der Waals surface area contributed by atoms with E-state index in [1.54, 1.807) is 12.1 Å². The van der Waals surface area contributed by atoms with Crippen molar-refractivity contribution in [2.24, 2.45) is 0 Å². The van der Waals surface area contributed by atoms with Crippen molar-refractivity contribution in [1.82, 2.24) is 4.31 Å². The van der Waals surface area contributed by atoms with Crippen LogP contribution >= 0.6 is 0 Å². The molecule has 1 saturated heterocycles. The predicted octanol–water partition coefficient (Wildman–Crippen LogP) is 4.41. The Kier molecular flexibility index (Phi) is 5.87. The van der Waals surface area contributed by atoms with Crippen LogP contribution in [-0.4, -0.2) is 43.9 Å². The molecule has 0 spiro atoms. The first-order valence-corrected chi connectivity index (χ1v) is 12.1. The third-order valence-corrected chi connectivity index (χ3v) is 7.74. The molecule has 32 heavy (non-hydrogen) atoms. The number of furan rings is 1. The van der Waals surface area contributed by atoms with Crippen molar-refractivity contribution in [2.75, 3.05) is 18.4 Å². The van der Waals surface area contributed by atoms with E-state index in [0.717, 1.165) is 22.1 Å². The van der Waals surface area contributed by atoms with Crippen LogP contribution in [0.4, 0.5) is 5.69 Å². The number of sulfonamides is 1. The van der Waals surface area contributed by atoms with E-state index in [9.17, 15) is 13.2 Å². The van der Waals surface area contributed by atoms with E-state index >= 15 is 0 Å². The van der Waals surface area contributed by atoms with E-state index in [4.69, 9.17) is 9.15 Å². The summed E-state index contributed by atoms with van der Waals surface area (Å²) in [7, 11) is -3.64. The highest BCUT2D eigenvalue weighted by Gasteiger charge is 2.32. The fourth-order valence-corrected chi connectivity index (χ4v) is 5.66. The van der Waals surface area contributed by atoms with Gasteiger partial charge in [0.05, 0.1) is 17.1 Å². The molecule has 1 aliphatic rings. The van der Waals surface area contributed by atoms with E-state index in [1.807, 2.05) is 46.8 Å². The first-order valence-electron chi connectivity index (χ1n) is 10.6. The van der Waals surface area contributed by atoms with Gasteiger partial charge in [-0.2, -0.15) is 4.31 Å². The number of carbonyl (C=O) groups is 1. The molecule has 1 fully saturated rings. The Morgan fingerprint density at radius 1 is 1.00 bits per heavy atom. The first-order chi connectivity index (χ1) is 15.1. The zero-order valence-electron chi connectivity index (χ0n) is 18.9. The lowest BCUT2D eigenvalue weighted by Crippen LogP contribution is -2.48. The smallest absolute Gasteiger partial charge is 0.291 e. The van der Waals surface area contributed by atoms with Crippen LogP contribution in [0.1, 0.15) is 41.1 Å². The van der Waals surface area contributed by atoms with Crippen LogP contribution in [0.15, 0.2) is 45.7 Å². The van der Waals surface area contributed by atoms with Gasteiger partial charge >= 0.3 is 0 Å². The maximum atomic E-state index is 13.0. The largest absolute Gasteiger partial charge is 0.451 e. The molecule has 2 heterocycles. The lowest BCUT2D eigenvalue weighted by Gasteiger charge is -2.34. The lowest BCUT2D eigenvalue weighted by atomic mass is 10.1. The van der Waals surface area contributed by atoms with Crippen LogP contribution in [0, 0.1) is 20.8 Å². The number of hydrogen-bond donors (Lipinski definition) is 1. The molecule has 1 aromatic heterocycles. The van der Waals surface area contributed by atoms with Gasteiger partial charge in [0.15, 0.2) is 5.76 Å². The molecule has 7 nitrogen and oxygen atoms in total. The van der Waals surface area contributed by atoms with Crippen molar-refractivity contribution >= 4 is 32.6 Å². The molecule has 0 saturated carbocycles. The second-order valence-electron chi connectivity index (χ2n) is 8.55. The number of nitrogens with zero attached hydrogens (tertiary/aromatic N) is 1. The molecule has 0 bridgehead atoms. The van der Waals surface area contributed by atoms with E-state index in [2.05, 4.69) is 5.32 Å². The molecule has 0 aliphatic carbocycles. The third kappa shape index (κ3) is 4.18. The van der Waals surface area contributed by atoms with Gasteiger partial charge in [0.2, 0.25) is 10.0 Å². The summed E-state index contributed by atoms with van der Waals surface area (Å²) in [5.74, 6) is -0.126. The maximum absolute atomic E-state index is 13.0. The SMILES string of the molecule is Cc1cc2oc(C(=O)Nc3ccc(S(=O)(=O)N4C[C@@H](C)O[C@@H](C)C4)cc3)c(C)c2cc1C. The minimum atomic E-state index is -3.64. The summed E-state index contributed by atoms with van der Waals surface area (Å²) in [6, 6.07) is 10.1. The van der Waals surface area contributed by atoms with Gasteiger partial charge in [-0.05, 0) is 82.1 Å². The Labute approximate surface area is 188 Å². The Hall–Kier alpha value is -2.68. The minimum absolute atomic E-state index is 0.160. The number of anilines is 1. The standard InChI is InChI=1S/C24H28N2O5S/c1-14-10-21-18(5)23(31-22(21)11-15(14)2)24(27)25-19-6-8-20(9-7-19)32(28,29)26-12-16(3)30-17(4)13-26/h6-11,16-17H,12-13H2,1-5H3,(H,25,27)/t16-,17+. The molecule has 1 aliphatic heterocycles. The number of aryl methyl sites for hydroxylation is 3. The summed E-state index contributed by atoms with van der Waals surface area (Å²) >= 11 is 0. The van der Waals surface area contributed by atoms with Crippen molar-refractivity contribution in [3.05, 3.63) is 58.8 Å². The van der Waals surface area contributed by atoms with Gasteiger partial charge in [-0.1, -0.05) is 0 Å². The average molecular weight is 457 g/mol. The molecule has 8 heteroatoms. The van der Waals surface area contributed by atoms with Crippen molar-refractivity contribution in [2.45, 2.75) is 51.7 Å². The quantitative estimate of drug-likeness (QED) is 0.628. The molecule has 4 rings (SSSR count). The van der Waals surface area contributed by atoms with E-state index in [0.29, 0.717) is 24.4 Å². The molecule has 0 unspecified atom stereocenters. The van der Waals surface area contributed by atoms with Gasteiger partial charge < -0.3 is 14.5 Å². The molecule has 1 amide bonds. The summed E-state index contributed by atoms with van der Waals surface area (Å²) in [5, 5.41) is 3.71. The number of fused-ring (bicyclic) bond motifs is 1. The Balaban J connectivity index is 1.53. The van der Waals surface area contributed by atoms with Crippen molar-refractivity contribution < 1.29 is 22.4 Å². The number of carbonyl (C=O) groups excluding carboxylic acids is 1. The molecule has 3 aromatic rings. The second kappa shape index (κ2) is 8.35. The fraction of sp³-hybridized carbons (Fsp3) is 0.375. The number of hydrogen-bond acceptors (Lipinski definition) is 5. The Morgan fingerprint density at radius 3 is 2.22 bits per heavy atom. The lowest BCUT2D eigenvalue weighted by molar-refractivity contribution is -0.0440. The summed E-state index contributed by atoms with van der Waals surface area (Å²) in [4.78, 5) is 13.0. The predicted molar refractivity (Wildman–Crippen MR) is 124 cm³/mol. The fourth-order valence-electron chi connectivity index (χ4n) is 4.07. The number of amides is 1. The highest BCUT2D eigenvalue weighted by atomic mass is 32.2. The topological polar surface area (TPSA) is 88.8 Å². The molecule has 2 aromatic carbocycles. The van der Waals surface area contributed by atoms with Crippen molar-refractivity contribution in [3.63, 3.8) is 0 Å². The van der Waals surface area contributed by atoms with Crippen LogP contribution in [0.2, 0.25) is 0 Å². The number of ether oxygens (including phenoxy) is 1. The van der Waals surface area contributed by atoms with E-state index < -0.39 is 10.0 Å². The molecule has 1 N–H and O–H groups in total. The third-order valence-electron chi connectivity index (χ3n) is 5.89. The summed E-state index contributed by atoms with van der Waals surface area (Å²) in [5.41, 5.74) is 4.17. The van der Waals surface area contributed by atoms with Crippen LogP contribution in [0.5, 0.6) is 0 Å². The zero-order chi connectivity index (χ0) is 23.2. The number of benzene rings is 2. The average Bonchev–Trinajstić information content (AvgIpc) is 3.04. The van der Waals surface area contributed by atoms with Crippen LogP contribution < -0.4 is 5.32 Å². The summed E-state index contributed by atoms with van der Waals surface area (Å²) < 4.78 is 38.9. The molecule has 170 valence electrons. The molecular formula is C24H28N2O5S. The van der Waals surface area contributed by atoms with E-state index in [-0.39, 0.29) is 28.8 Å². The van der Waals surface area contributed by atoms with Gasteiger partial charge in [0, 0.05) is 29.7 Å². The second-order valence-corrected chi connectivity index (χ2v) is 10.5. The highest BCUT2D eigenvalue weighted by molar-refractivity contribution is 7.89. The van der Waals surface area contributed by atoms with Crippen molar-refractivity contribution in [3.8, 4) is 0 Å².